The number of carbonyl (C=O) groups excluding carboxylic acids is 1. The van der Waals surface area contributed by atoms with Crippen LogP contribution in [0.4, 0.5) is 0 Å². The zero-order valence-corrected chi connectivity index (χ0v) is 7.29. The second-order valence-electron chi connectivity index (χ2n) is 2.51. The third kappa shape index (κ3) is 3.88. The maximum absolute atomic E-state index is 10.7. The predicted octanol–water partition coefficient (Wildman–Crippen LogP) is 1.62. The summed E-state index contributed by atoms with van der Waals surface area (Å²) in [4.78, 5) is 10.7. The summed E-state index contributed by atoms with van der Waals surface area (Å²) >= 11 is 0. The SMILES string of the molecule is C=C/C=C(\C=C)CC(O)C(C)=O. The number of hydrogen-bond acceptors (Lipinski definition) is 2. The topological polar surface area (TPSA) is 37.3 Å². The fourth-order valence-corrected chi connectivity index (χ4v) is 0.738. The van der Waals surface area contributed by atoms with E-state index in [2.05, 4.69) is 13.2 Å². The Kier molecular flexibility index (Phi) is 4.97. The van der Waals surface area contributed by atoms with Crippen LogP contribution in [-0.4, -0.2) is 17.0 Å². The van der Waals surface area contributed by atoms with Crippen LogP contribution in [-0.2, 0) is 4.79 Å². The maximum Gasteiger partial charge on any atom is 0.158 e. The predicted molar refractivity (Wildman–Crippen MR) is 49.8 cm³/mol. The molecule has 0 bridgehead atoms. The molecule has 0 amide bonds. The third-order valence-corrected chi connectivity index (χ3v) is 1.49. The number of hydrogen-bond donors (Lipinski definition) is 1. The smallest absolute Gasteiger partial charge is 0.158 e. The van der Waals surface area contributed by atoms with Gasteiger partial charge in [0.25, 0.3) is 0 Å². The fraction of sp³-hybridized carbons (Fsp3) is 0.300. The molecule has 0 radical (unpaired) electrons. The van der Waals surface area contributed by atoms with Gasteiger partial charge in [0.15, 0.2) is 5.78 Å². The highest BCUT2D eigenvalue weighted by atomic mass is 16.3. The molecule has 12 heavy (non-hydrogen) atoms. The van der Waals surface area contributed by atoms with Crippen LogP contribution in [0.1, 0.15) is 13.3 Å². The van der Waals surface area contributed by atoms with Gasteiger partial charge in [0.2, 0.25) is 0 Å². The van der Waals surface area contributed by atoms with Gasteiger partial charge in [0.05, 0.1) is 0 Å². The van der Waals surface area contributed by atoms with Crippen molar-refractivity contribution in [3.63, 3.8) is 0 Å². The lowest BCUT2D eigenvalue weighted by Crippen LogP contribution is -2.16. The van der Waals surface area contributed by atoms with Crippen LogP contribution < -0.4 is 0 Å². The first-order valence-electron chi connectivity index (χ1n) is 3.74. The first-order valence-corrected chi connectivity index (χ1v) is 3.74. The number of ketones is 1. The van der Waals surface area contributed by atoms with E-state index in [1.165, 1.54) is 6.92 Å². The molecule has 0 aromatic heterocycles. The van der Waals surface area contributed by atoms with Crippen LogP contribution in [0.25, 0.3) is 0 Å². The second kappa shape index (κ2) is 5.49. The Hall–Kier alpha value is -1.15. The molecule has 0 saturated carbocycles. The lowest BCUT2D eigenvalue weighted by atomic mass is 10.1. The molecule has 0 aliphatic rings. The Morgan fingerprint density at radius 1 is 1.58 bits per heavy atom. The minimum Gasteiger partial charge on any atom is -0.385 e. The van der Waals surface area contributed by atoms with E-state index in [9.17, 15) is 9.90 Å². The monoisotopic (exact) mass is 166 g/mol. The van der Waals surface area contributed by atoms with Gasteiger partial charge in [-0.05, 0) is 12.5 Å². The molecule has 0 fully saturated rings. The van der Waals surface area contributed by atoms with Gasteiger partial charge in [-0.2, -0.15) is 0 Å². The quantitative estimate of drug-likeness (QED) is 0.630. The van der Waals surface area contributed by atoms with Gasteiger partial charge >= 0.3 is 0 Å². The van der Waals surface area contributed by atoms with Gasteiger partial charge in [-0.3, -0.25) is 4.79 Å². The van der Waals surface area contributed by atoms with E-state index in [-0.39, 0.29) is 5.78 Å². The molecule has 66 valence electrons. The van der Waals surface area contributed by atoms with Gasteiger partial charge in [-0.1, -0.05) is 31.4 Å². The number of aliphatic hydroxyl groups excluding tert-OH is 1. The average molecular weight is 166 g/mol. The average Bonchev–Trinajstić information content (AvgIpc) is 2.03. The summed E-state index contributed by atoms with van der Waals surface area (Å²) < 4.78 is 0. The Morgan fingerprint density at radius 3 is 2.50 bits per heavy atom. The third-order valence-electron chi connectivity index (χ3n) is 1.49. The number of allylic oxidation sites excluding steroid dienone is 3. The molecular formula is C10H14O2. The van der Waals surface area contributed by atoms with E-state index in [0.717, 1.165) is 5.57 Å². The van der Waals surface area contributed by atoms with Gasteiger partial charge in [0, 0.05) is 6.42 Å². The summed E-state index contributed by atoms with van der Waals surface area (Å²) in [6.07, 6.45) is 4.32. The lowest BCUT2D eigenvalue weighted by molar-refractivity contribution is -0.124. The van der Waals surface area contributed by atoms with Crippen LogP contribution >= 0.6 is 0 Å². The molecule has 0 aliphatic heterocycles. The van der Waals surface area contributed by atoms with E-state index in [1.54, 1.807) is 18.2 Å². The van der Waals surface area contributed by atoms with E-state index >= 15 is 0 Å². The number of rotatable bonds is 5. The van der Waals surface area contributed by atoms with Gasteiger partial charge in [-0.25, -0.2) is 0 Å². The minimum atomic E-state index is -0.922. The minimum absolute atomic E-state index is 0.230. The Balaban J connectivity index is 4.20. The highest BCUT2D eigenvalue weighted by molar-refractivity contribution is 5.80. The molecule has 0 aliphatic carbocycles. The summed E-state index contributed by atoms with van der Waals surface area (Å²) in [5.41, 5.74) is 0.813. The molecule has 0 aromatic carbocycles. The summed E-state index contributed by atoms with van der Waals surface area (Å²) in [6, 6.07) is 0. The molecule has 0 saturated heterocycles. The van der Waals surface area contributed by atoms with Gasteiger partial charge in [-0.15, -0.1) is 0 Å². The Labute approximate surface area is 72.9 Å². The zero-order chi connectivity index (χ0) is 9.56. The van der Waals surface area contributed by atoms with Crippen LogP contribution in [0.15, 0.2) is 37.0 Å². The highest BCUT2D eigenvalue weighted by Gasteiger charge is 2.09. The molecule has 1 atom stereocenters. The van der Waals surface area contributed by atoms with Crippen molar-refractivity contribution in [2.45, 2.75) is 19.4 Å². The van der Waals surface area contributed by atoms with Crippen molar-refractivity contribution in [2.24, 2.45) is 0 Å². The van der Waals surface area contributed by atoms with Crippen LogP contribution in [0, 0.1) is 0 Å². The molecule has 0 aromatic rings. The van der Waals surface area contributed by atoms with Crippen LogP contribution in [0.2, 0.25) is 0 Å². The van der Waals surface area contributed by atoms with Crippen molar-refractivity contribution < 1.29 is 9.90 Å². The van der Waals surface area contributed by atoms with Crippen molar-refractivity contribution in [2.75, 3.05) is 0 Å². The molecule has 1 unspecified atom stereocenters. The van der Waals surface area contributed by atoms with Crippen LogP contribution in [0.5, 0.6) is 0 Å². The molecular weight excluding hydrogens is 152 g/mol. The van der Waals surface area contributed by atoms with Gasteiger partial charge < -0.3 is 5.11 Å². The standard InChI is InChI=1S/C10H14O2/c1-4-6-9(5-2)7-10(12)8(3)11/h4-6,10,12H,1-2,7H2,3H3/b9-6+. The molecule has 0 spiro atoms. The Morgan fingerprint density at radius 2 is 2.17 bits per heavy atom. The zero-order valence-electron chi connectivity index (χ0n) is 7.29. The van der Waals surface area contributed by atoms with Gasteiger partial charge in [0.1, 0.15) is 6.10 Å². The van der Waals surface area contributed by atoms with E-state index < -0.39 is 6.10 Å². The number of carbonyl (C=O) groups is 1. The molecule has 1 N–H and O–H groups in total. The molecule has 0 heterocycles. The number of Topliss-reactive ketones (excluding diaryl/α,β-unsaturated/α-hetero) is 1. The maximum atomic E-state index is 10.7. The highest BCUT2D eigenvalue weighted by Crippen LogP contribution is 2.07. The number of aliphatic hydroxyl groups is 1. The van der Waals surface area contributed by atoms with Crippen molar-refractivity contribution in [1.82, 2.24) is 0 Å². The largest absolute Gasteiger partial charge is 0.385 e. The summed E-state index contributed by atoms with van der Waals surface area (Å²) in [7, 11) is 0. The van der Waals surface area contributed by atoms with E-state index in [4.69, 9.17) is 0 Å². The summed E-state index contributed by atoms with van der Waals surface area (Å²) in [6.45, 7) is 8.42. The van der Waals surface area contributed by atoms with E-state index in [1.807, 2.05) is 0 Å². The molecule has 2 heteroatoms. The first-order chi connectivity index (χ1) is 5.61. The lowest BCUT2D eigenvalue weighted by Gasteiger charge is -2.05. The fourth-order valence-electron chi connectivity index (χ4n) is 0.738. The Bertz CT molecular complexity index is 214. The summed E-state index contributed by atoms with van der Waals surface area (Å²) in [5.74, 6) is -0.230. The van der Waals surface area contributed by atoms with Crippen LogP contribution in [0.3, 0.4) is 0 Å². The van der Waals surface area contributed by atoms with Crippen molar-refractivity contribution >= 4 is 5.78 Å². The molecule has 0 rings (SSSR count). The van der Waals surface area contributed by atoms with Crippen molar-refractivity contribution in [3.05, 3.63) is 37.0 Å². The molecule has 2 nitrogen and oxygen atoms in total. The second-order valence-corrected chi connectivity index (χ2v) is 2.51. The van der Waals surface area contributed by atoms with Crippen molar-refractivity contribution in [3.8, 4) is 0 Å². The first kappa shape index (κ1) is 10.8. The van der Waals surface area contributed by atoms with Crippen molar-refractivity contribution in [1.29, 1.82) is 0 Å². The summed E-state index contributed by atoms with van der Waals surface area (Å²) in [5, 5.41) is 9.18. The van der Waals surface area contributed by atoms with E-state index in [0.29, 0.717) is 6.42 Å². The normalized spacial score (nSPS) is 13.7.